The number of hydrogen-bond acceptors (Lipinski definition) is 4. The minimum atomic E-state index is -2.95. The van der Waals surface area contributed by atoms with E-state index in [1.807, 2.05) is 0 Å². The van der Waals surface area contributed by atoms with E-state index in [-0.39, 0.29) is 23.6 Å². The maximum absolute atomic E-state index is 12.1. The Hall–Kier alpha value is -0.820. The summed E-state index contributed by atoms with van der Waals surface area (Å²) >= 11 is 0. The second-order valence-electron chi connectivity index (χ2n) is 4.97. The predicted octanol–water partition coefficient (Wildman–Crippen LogP) is -0.00610. The van der Waals surface area contributed by atoms with E-state index in [4.69, 9.17) is 4.74 Å². The molecule has 1 aliphatic carbocycles. The summed E-state index contributed by atoms with van der Waals surface area (Å²) in [5.41, 5.74) is 0. The summed E-state index contributed by atoms with van der Waals surface area (Å²) in [4.78, 5) is 13.8. The van der Waals surface area contributed by atoms with Crippen LogP contribution in [0.5, 0.6) is 0 Å². The molecule has 18 heavy (non-hydrogen) atoms. The van der Waals surface area contributed by atoms with Gasteiger partial charge < -0.3 is 15.0 Å². The maximum Gasteiger partial charge on any atom is 0.317 e. The van der Waals surface area contributed by atoms with Gasteiger partial charge in [-0.15, -0.1) is 0 Å². The van der Waals surface area contributed by atoms with Crippen molar-refractivity contribution in [2.24, 2.45) is 0 Å². The highest BCUT2D eigenvalue weighted by molar-refractivity contribution is 7.91. The van der Waals surface area contributed by atoms with Crippen molar-refractivity contribution in [3.05, 3.63) is 0 Å². The van der Waals surface area contributed by atoms with Crippen LogP contribution in [0.4, 0.5) is 4.79 Å². The second-order valence-corrected chi connectivity index (χ2v) is 7.20. The first-order valence-electron chi connectivity index (χ1n) is 6.28. The summed E-state index contributed by atoms with van der Waals surface area (Å²) in [5, 5.41) is 2.82. The molecule has 1 N–H and O–H groups in total. The van der Waals surface area contributed by atoms with E-state index in [2.05, 4.69) is 5.32 Å². The van der Waals surface area contributed by atoms with E-state index in [1.54, 1.807) is 12.0 Å². The minimum absolute atomic E-state index is 0.0710. The van der Waals surface area contributed by atoms with Crippen LogP contribution < -0.4 is 5.32 Å². The van der Waals surface area contributed by atoms with Crippen molar-refractivity contribution in [3.8, 4) is 0 Å². The van der Waals surface area contributed by atoms with Gasteiger partial charge >= 0.3 is 6.03 Å². The normalized spacial score (nSPS) is 25.9. The Morgan fingerprint density at radius 2 is 2.11 bits per heavy atom. The number of urea groups is 1. The van der Waals surface area contributed by atoms with Gasteiger partial charge in [-0.2, -0.15) is 0 Å². The molecule has 2 amide bonds. The summed E-state index contributed by atoms with van der Waals surface area (Å²) in [6.07, 6.45) is 2.58. The lowest BCUT2D eigenvalue weighted by atomic mass is 10.3. The third-order valence-electron chi connectivity index (χ3n) is 3.34. The monoisotopic (exact) mass is 276 g/mol. The lowest BCUT2D eigenvalue weighted by Crippen LogP contribution is -2.47. The van der Waals surface area contributed by atoms with Crippen LogP contribution in [0.1, 0.15) is 19.3 Å². The number of carbonyl (C=O) groups is 1. The molecule has 1 saturated carbocycles. The minimum Gasteiger partial charge on any atom is -0.383 e. The topological polar surface area (TPSA) is 75.7 Å². The third-order valence-corrected chi connectivity index (χ3v) is 5.11. The van der Waals surface area contributed by atoms with Crippen LogP contribution in [-0.2, 0) is 14.6 Å². The zero-order valence-corrected chi connectivity index (χ0v) is 11.4. The molecule has 0 spiro atoms. The van der Waals surface area contributed by atoms with Gasteiger partial charge in [-0.1, -0.05) is 0 Å². The number of nitrogens with one attached hydrogen (secondary N) is 1. The van der Waals surface area contributed by atoms with Crippen LogP contribution in [0.15, 0.2) is 0 Å². The van der Waals surface area contributed by atoms with Gasteiger partial charge in [0, 0.05) is 25.7 Å². The molecule has 104 valence electrons. The SMILES string of the molecule is COCCN(C(=O)N[C@H]1CCS(=O)(=O)C1)C1CC1. The summed E-state index contributed by atoms with van der Waals surface area (Å²) in [6.45, 7) is 1.07. The van der Waals surface area contributed by atoms with Crippen LogP contribution in [0, 0.1) is 0 Å². The fourth-order valence-electron chi connectivity index (χ4n) is 2.19. The Kier molecular flexibility index (Phi) is 4.11. The Balaban J connectivity index is 1.85. The molecule has 1 saturated heterocycles. The first kappa shape index (κ1) is 13.6. The number of amides is 2. The van der Waals surface area contributed by atoms with E-state index < -0.39 is 9.84 Å². The average molecular weight is 276 g/mol. The van der Waals surface area contributed by atoms with Crippen LogP contribution in [-0.4, -0.2) is 63.2 Å². The van der Waals surface area contributed by atoms with Crippen molar-refractivity contribution < 1.29 is 17.9 Å². The molecule has 0 aromatic carbocycles. The fourth-order valence-corrected chi connectivity index (χ4v) is 3.87. The highest BCUT2D eigenvalue weighted by Gasteiger charge is 2.35. The van der Waals surface area contributed by atoms with E-state index in [1.165, 1.54) is 0 Å². The Labute approximate surface area is 108 Å². The number of carbonyl (C=O) groups excluding carboxylic acids is 1. The molecule has 0 bridgehead atoms. The smallest absolute Gasteiger partial charge is 0.317 e. The fraction of sp³-hybridized carbons (Fsp3) is 0.909. The van der Waals surface area contributed by atoms with Crippen molar-refractivity contribution in [3.63, 3.8) is 0 Å². The standard InChI is InChI=1S/C11H20N2O4S/c1-17-6-5-13(10-2-3-10)11(14)12-9-4-7-18(15,16)8-9/h9-10H,2-8H2,1H3,(H,12,14)/t9-/m0/s1. The van der Waals surface area contributed by atoms with Crippen molar-refractivity contribution >= 4 is 15.9 Å². The lowest BCUT2D eigenvalue weighted by molar-refractivity contribution is 0.145. The number of nitrogens with zero attached hydrogens (tertiary/aromatic N) is 1. The molecule has 2 aliphatic rings. The molecular weight excluding hydrogens is 256 g/mol. The van der Waals surface area contributed by atoms with Crippen molar-refractivity contribution in [2.45, 2.75) is 31.3 Å². The van der Waals surface area contributed by atoms with Gasteiger partial charge in [-0.3, -0.25) is 0 Å². The lowest BCUT2D eigenvalue weighted by Gasteiger charge is -2.24. The number of methoxy groups -OCH3 is 1. The quantitative estimate of drug-likeness (QED) is 0.766. The van der Waals surface area contributed by atoms with Gasteiger partial charge in [0.1, 0.15) is 0 Å². The van der Waals surface area contributed by atoms with Crippen LogP contribution in [0.25, 0.3) is 0 Å². The van der Waals surface area contributed by atoms with E-state index in [9.17, 15) is 13.2 Å². The van der Waals surface area contributed by atoms with Gasteiger partial charge in [-0.05, 0) is 19.3 Å². The molecule has 0 radical (unpaired) electrons. The van der Waals surface area contributed by atoms with Crippen LogP contribution in [0.3, 0.4) is 0 Å². The average Bonchev–Trinajstić information content (AvgIpc) is 3.05. The molecule has 2 fully saturated rings. The highest BCUT2D eigenvalue weighted by atomic mass is 32.2. The Morgan fingerprint density at radius 1 is 1.39 bits per heavy atom. The molecule has 6 nitrogen and oxygen atoms in total. The van der Waals surface area contributed by atoms with E-state index in [0.717, 1.165) is 12.8 Å². The molecule has 1 aliphatic heterocycles. The van der Waals surface area contributed by atoms with Crippen molar-refractivity contribution in [1.82, 2.24) is 10.2 Å². The molecule has 1 heterocycles. The Bertz CT molecular complexity index is 405. The van der Waals surface area contributed by atoms with Gasteiger partial charge in [0.05, 0.1) is 18.1 Å². The maximum atomic E-state index is 12.1. The first-order chi connectivity index (χ1) is 8.52. The van der Waals surface area contributed by atoms with Gasteiger partial charge in [0.15, 0.2) is 9.84 Å². The van der Waals surface area contributed by atoms with Gasteiger partial charge in [0.2, 0.25) is 0 Å². The molecule has 1 atom stereocenters. The first-order valence-corrected chi connectivity index (χ1v) is 8.10. The zero-order valence-electron chi connectivity index (χ0n) is 10.6. The third kappa shape index (κ3) is 3.58. The molecule has 0 unspecified atom stereocenters. The molecule has 7 heteroatoms. The summed E-state index contributed by atoms with van der Waals surface area (Å²) in [5.74, 6) is 0.251. The van der Waals surface area contributed by atoms with Gasteiger partial charge in [0.25, 0.3) is 0 Å². The predicted molar refractivity (Wildman–Crippen MR) is 67.2 cm³/mol. The molecular formula is C11H20N2O4S. The van der Waals surface area contributed by atoms with Gasteiger partial charge in [-0.25, -0.2) is 13.2 Å². The van der Waals surface area contributed by atoms with E-state index >= 15 is 0 Å². The molecule has 2 rings (SSSR count). The van der Waals surface area contributed by atoms with E-state index in [0.29, 0.717) is 25.6 Å². The largest absolute Gasteiger partial charge is 0.383 e. The molecule has 0 aromatic heterocycles. The number of ether oxygens (including phenoxy) is 1. The summed E-state index contributed by atoms with van der Waals surface area (Å²) < 4.78 is 27.6. The summed E-state index contributed by atoms with van der Waals surface area (Å²) in [7, 11) is -1.34. The number of rotatable bonds is 5. The highest BCUT2D eigenvalue weighted by Crippen LogP contribution is 2.26. The number of sulfone groups is 1. The molecule has 0 aromatic rings. The summed E-state index contributed by atoms with van der Waals surface area (Å²) in [6, 6.07) is -0.0823. The zero-order chi connectivity index (χ0) is 13.2. The second kappa shape index (κ2) is 5.44. The number of hydrogen-bond donors (Lipinski definition) is 1. The van der Waals surface area contributed by atoms with Crippen LogP contribution in [0.2, 0.25) is 0 Å². The van der Waals surface area contributed by atoms with Crippen molar-refractivity contribution in [2.75, 3.05) is 31.8 Å². The van der Waals surface area contributed by atoms with Crippen LogP contribution >= 0.6 is 0 Å². The van der Waals surface area contributed by atoms with Crippen molar-refractivity contribution in [1.29, 1.82) is 0 Å². The Morgan fingerprint density at radius 3 is 2.61 bits per heavy atom.